The Morgan fingerprint density at radius 1 is 1.00 bits per heavy atom. The first-order chi connectivity index (χ1) is 13.8. The third-order valence-electron chi connectivity index (χ3n) is 4.34. The lowest BCUT2D eigenvalue weighted by atomic mass is 9.96. The van der Waals surface area contributed by atoms with Gasteiger partial charge in [0.25, 0.3) is 0 Å². The lowest BCUT2D eigenvalue weighted by molar-refractivity contribution is -0.135. The topological polar surface area (TPSA) is 85.4 Å². The molecule has 0 saturated carbocycles. The van der Waals surface area contributed by atoms with E-state index >= 15 is 0 Å². The number of hydrogen-bond acceptors (Lipinski definition) is 6. The number of amides is 2. The van der Waals surface area contributed by atoms with Gasteiger partial charge in [0, 0.05) is 19.3 Å². The number of esters is 1. The van der Waals surface area contributed by atoms with Gasteiger partial charge in [-0.25, -0.2) is 14.4 Å². The highest BCUT2D eigenvalue weighted by molar-refractivity contribution is 5.92. The molecule has 0 N–H and O–H groups in total. The molecule has 0 spiro atoms. The first-order valence-corrected chi connectivity index (χ1v) is 9.97. The molecule has 0 radical (unpaired) electrons. The molecule has 2 heterocycles. The largest absolute Gasteiger partial charge is 0.465 e. The van der Waals surface area contributed by atoms with Crippen LogP contribution in [0.3, 0.4) is 0 Å². The molecule has 0 fully saturated rings. The molecule has 0 saturated heterocycles. The van der Waals surface area contributed by atoms with Crippen LogP contribution in [0, 0.1) is 0 Å². The molecule has 0 aromatic rings. The molecule has 30 heavy (non-hydrogen) atoms. The number of carbonyl (C=O) groups excluding carboxylic acids is 3. The van der Waals surface area contributed by atoms with Gasteiger partial charge in [0.2, 0.25) is 0 Å². The van der Waals surface area contributed by atoms with E-state index in [-0.39, 0.29) is 11.7 Å². The zero-order chi connectivity index (χ0) is 22.7. The number of carbonyl (C=O) groups is 3. The summed E-state index contributed by atoms with van der Waals surface area (Å²) < 4.78 is 15.7. The van der Waals surface area contributed by atoms with Crippen molar-refractivity contribution in [1.29, 1.82) is 0 Å². The van der Waals surface area contributed by atoms with Crippen LogP contribution in [0.5, 0.6) is 0 Å². The lowest BCUT2D eigenvalue weighted by Gasteiger charge is -2.36. The van der Waals surface area contributed by atoms with E-state index in [1.54, 1.807) is 37.8 Å². The Morgan fingerprint density at radius 3 is 2.10 bits per heavy atom. The van der Waals surface area contributed by atoms with Gasteiger partial charge in [0.1, 0.15) is 11.2 Å². The normalized spacial score (nSPS) is 19.6. The summed E-state index contributed by atoms with van der Waals surface area (Å²) >= 11 is 0. The van der Waals surface area contributed by atoms with Crippen molar-refractivity contribution in [2.45, 2.75) is 65.2 Å². The zero-order valence-corrected chi connectivity index (χ0v) is 18.9. The summed E-state index contributed by atoms with van der Waals surface area (Å²) in [6, 6.07) is -0.408. The highest BCUT2D eigenvalue weighted by atomic mass is 16.6. The monoisotopic (exact) mass is 420 g/mol. The van der Waals surface area contributed by atoms with Crippen molar-refractivity contribution < 1.29 is 28.6 Å². The SMILES string of the molecule is COC(=O)C1=CN(C(=O)OC(C)(C)C)[C@H](C2=CCN(C(=O)OC(C)(C)C)CC2)C=C1. The van der Waals surface area contributed by atoms with Gasteiger partial charge in [-0.15, -0.1) is 0 Å². The highest BCUT2D eigenvalue weighted by Gasteiger charge is 2.33. The smallest absolute Gasteiger partial charge is 0.415 e. The maximum atomic E-state index is 12.8. The predicted molar refractivity (Wildman–Crippen MR) is 112 cm³/mol. The van der Waals surface area contributed by atoms with Crippen molar-refractivity contribution in [3.05, 3.63) is 35.6 Å². The van der Waals surface area contributed by atoms with Gasteiger partial charge in [-0.3, -0.25) is 4.90 Å². The van der Waals surface area contributed by atoms with Crippen molar-refractivity contribution in [2.24, 2.45) is 0 Å². The van der Waals surface area contributed by atoms with Gasteiger partial charge in [0.15, 0.2) is 0 Å². The van der Waals surface area contributed by atoms with E-state index in [0.717, 1.165) is 5.57 Å². The van der Waals surface area contributed by atoms with Crippen LogP contribution >= 0.6 is 0 Å². The Bertz CT molecular complexity index is 782. The molecule has 2 aliphatic rings. The predicted octanol–water partition coefficient (Wildman–Crippen LogP) is 3.79. The number of rotatable bonds is 2. The number of nitrogens with zero attached hydrogens (tertiary/aromatic N) is 2. The first kappa shape index (κ1) is 23.5. The van der Waals surface area contributed by atoms with E-state index in [9.17, 15) is 14.4 Å². The molecular weight excluding hydrogens is 388 g/mol. The molecule has 0 aliphatic carbocycles. The second-order valence-corrected chi connectivity index (χ2v) is 9.22. The minimum Gasteiger partial charge on any atom is -0.465 e. The van der Waals surface area contributed by atoms with Gasteiger partial charge in [-0.2, -0.15) is 0 Å². The second-order valence-electron chi connectivity index (χ2n) is 9.22. The van der Waals surface area contributed by atoms with E-state index in [1.165, 1.54) is 18.2 Å². The van der Waals surface area contributed by atoms with Gasteiger partial charge in [0.05, 0.1) is 18.7 Å². The average molecular weight is 421 g/mol. The molecule has 2 amide bonds. The first-order valence-electron chi connectivity index (χ1n) is 9.97. The van der Waals surface area contributed by atoms with Gasteiger partial charge in [-0.05, 0) is 59.6 Å². The van der Waals surface area contributed by atoms with E-state index in [2.05, 4.69) is 0 Å². The summed E-state index contributed by atoms with van der Waals surface area (Å²) in [6.45, 7) is 11.7. The molecular formula is C22H32N2O6. The second kappa shape index (κ2) is 8.93. The highest BCUT2D eigenvalue weighted by Crippen LogP contribution is 2.27. The standard InChI is InChI=1S/C22H32N2O6/c1-21(2,3)29-19(26)23-12-10-15(11-13-23)17-9-8-16(18(25)28-7)14-24(17)20(27)30-22(4,5)6/h8-10,14,17H,11-13H2,1-7H3/t17-/m0/s1. The van der Waals surface area contributed by atoms with Gasteiger partial charge < -0.3 is 19.1 Å². The summed E-state index contributed by atoms with van der Waals surface area (Å²) in [5.74, 6) is -0.535. The Labute approximate surface area is 178 Å². The van der Waals surface area contributed by atoms with Crippen LogP contribution in [-0.4, -0.2) is 65.4 Å². The Morgan fingerprint density at radius 2 is 1.60 bits per heavy atom. The van der Waals surface area contributed by atoms with Crippen LogP contribution in [-0.2, 0) is 19.0 Å². The van der Waals surface area contributed by atoms with Crippen LogP contribution in [0.15, 0.2) is 35.6 Å². The van der Waals surface area contributed by atoms with Crippen LogP contribution in [0.1, 0.15) is 48.0 Å². The third kappa shape index (κ3) is 6.37. The summed E-state index contributed by atoms with van der Waals surface area (Å²) in [5.41, 5.74) is -0.0322. The molecule has 2 aliphatic heterocycles. The summed E-state index contributed by atoms with van der Waals surface area (Å²) in [7, 11) is 1.29. The quantitative estimate of drug-likeness (QED) is 0.384. The number of ether oxygens (including phenoxy) is 3. The molecule has 8 heteroatoms. The fourth-order valence-corrected chi connectivity index (χ4v) is 3.03. The van der Waals surface area contributed by atoms with Crippen molar-refractivity contribution in [3.8, 4) is 0 Å². The molecule has 0 aromatic carbocycles. The molecule has 8 nitrogen and oxygen atoms in total. The summed E-state index contributed by atoms with van der Waals surface area (Å²) in [4.78, 5) is 40.1. The van der Waals surface area contributed by atoms with Crippen molar-refractivity contribution >= 4 is 18.2 Å². The molecule has 0 unspecified atom stereocenters. The van der Waals surface area contributed by atoms with Crippen molar-refractivity contribution in [1.82, 2.24) is 9.80 Å². The zero-order valence-electron chi connectivity index (χ0n) is 18.9. The Balaban J connectivity index is 2.21. The maximum Gasteiger partial charge on any atom is 0.415 e. The van der Waals surface area contributed by atoms with Crippen LogP contribution < -0.4 is 0 Å². The summed E-state index contributed by atoms with van der Waals surface area (Å²) in [6.07, 6.45) is 6.41. The molecule has 166 valence electrons. The fraction of sp³-hybridized carbons (Fsp3) is 0.591. The minimum atomic E-state index is -0.684. The Kier molecular flexibility index (Phi) is 7.00. The van der Waals surface area contributed by atoms with E-state index in [1.807, 2.05) is 26.8 Å². The number of hydrogen-bond donors (Lipinski definition) is 0. The third-order valence-corrected chi connectivity index (χ3v) is 4.34. The number of methoxy groups -OCH3 is 1. The maximum absolute atomic E-state index is 12.8. The average Bonchev–Trinajstić information content (AvgIpc) is 2.64. The van der Waals surface area contributed by atoms with Crippen molar-refractivity contribution in [3.63, 3.8) is 0 Å². The van der Waals surface area contributed by atoms with Gasteiger partial charge in [-0.1, -0.05) is 12.2 Å². The Hall–Kier alpha value is -2.77. The van der Waals surface area contributed by atoms with Crippen LogP contribution in [0.2, 0.25) is 0 Å². The van der Waals surface area contributed by atoms with Crippen LogP contribution in [0.25, 0.3) is 0 Å². The molecule has 0 aromatic heterocycles. The van der Waals surface area contributed by atoms with E-state index < -0.39 is 29.3 Å². The summed E-state index contributed by atoms with van der Waals surface area (Å²) in [5, 5.41) is 0. The van der Waals surface area contributed by atoms with E-state index in [4.69, 9.17) is 14.2 Å². The minimum absolute atomic E-state index is 0.256. The molecule has 0 bridgehead atoms. The van der Waals surface area contributed by atoms with Crippen LogP contribution in [0.4, 0.5) is 9.59 Å². The molecule has 1 atom stereocenters. The fourth-order valence-electron chi connectivity index (χ4n) is 3.03. The van der Waals surface area contributed by atoms with E-state index in [0.29, 0.717) is 19.5 Å². The van der Waals surface area contributed by atoms with Gasteiger partial charge >= 0.3 is 18.2 Å². The lowest BCUT2D eigenvalue weighted by Crippen LogP contribution is -2.45. The van der Waals surface area contributed by atoms with Crippen molar-refractivity contribution in [2.75, 3.05) is 20.2 Å². The molecule has 2 rings (SSSR count).